The summed E-state index contributed by atoms with van der Waals surface area (Å²) in [6.07, 6.45) is 11.2. The van der Waals surface area contributed by atoms with Crippen molar-refractivity contribution in [2.24, 2.45) is 5.92 Å². The molecule has 5 aromatic rings. The molecule has 222 valence electrons. The number of hydrogen-bond donors (Lipinski definition) is 1. The van der Waals surface area contributed by atoms with Crippen molar-refractivity contribution in [2.45, 2.75) is 51.6 Å². The molecule has 0 aliphatic heterocycles. The summed E-state index contributed by atoms with van der Waals surface area (Å²) in [5, 5.41) is 13.1. The van der Waals surface area contributed by atoms with E-state index >= 15 is 0 Å². The van der Waals surface area contributed by atoms with Gasteiger partial charge in [0, 0.05) is 53.9 Å². The number of aromatic nitrogens is 3. The highest BCUT2D eigenvalue weighted by Crippen LogP contribution is 2.33. The number of anilines is 1. The van der Waals surface area contributed by atoms with Crippen LogP contribution in [0.1, 0.15) is 64.3 Å². The summed E-state index contributed by atoms with van der Waals surface area (Å²) in [5.41, 5.74) is 4.36. The van der Waals surface area contributed by atoms with Gasteiger partial charge in [-0.3, -0.25) is 14.6 Å². The van der Waals surface area contributed by atoms with E-state index in [1.165, 1.54) is 17.8 Å². The fourth-order valence-corrected chi connectivity index (χ4v) is 6.74. The Balaban J connectivity index is 1.22. The Bertz CT molecular complexity index is 1780. The minimum absolute atomic E-state index is 0.00253. The number of benzene rings is 2. The lowest BCUT2D eigenvalue weighted by molar-refractivity contribution is -0.123. The minimum atomic E-state index is -0.106. The van der Waals surface area contributed by atoms with Gasteiger partial charge >= 0.3 is 0 Å². The second-order valence-electron chi connectivity index (χ2n) is 11.2. The lowest BCUT2D eigenvalue weighted by atomic mass is 9.88. The number of rotatable bonds is 10. The summed E-state index contributed by atoms with van der Waals surface area (Å²) in [5.74, 6) is 0.0284. The summed E-state index contributed by atoms with van der Waals surface area (Å²) in [6, 6.07) is 23.4. The van der Waals surface area contributed by atoms with Crippen molar-refractivity contribution in [2.75, 3.05) is 11.4 Å². The van der Waals surface area contributed by atoms with E-state index in [0.717, 1.165) is 58.4 Å². The molecule has 1 aliphatic carbocycles. The lowest BCUT2D eigenvalue weighted by Gasteiger charge is -2.30. The van der Waals surface area contributed by atoms with Crippen LogP contribution in [-0.4, -0.2) is 32.9 Å². The number of thiophene rings is 1. The molecule has 0 saturated heterocycles. The number of amides is 2. The van der Waals surface area contributed by atoms with E-state index in [2.05, 4.69) is 25.9 Å². The molecule has 0 spiro atoms. The van der Waals surface area contributed by atoms with Crippen molar-refractivity contribution in [3.05, 3.63) is 113 Å². The number of carbonyl (C=O) groups is 2. The van der Waals surface area contributed by atoms with Gasteiger partial charge < -0.3 is 14.8 Å². The fourth-order valence-electron chi connectivity index (χ4n) is 5.78. The molecule has 0 radical (unpaired) electrons. The van der Waals surface area contributed by atoms with E-state index < -0.39 is 0 Å². The second-order valence-corrected chi connectivity index (χ2v) is 12.3. The maximum Gasteiger partial charge on any atom is 0.261 e. The largest absolute Gasteiger partial charge is 0.351 e. The molecule has 3 heterocycles. The molecule has 2 amide bonds. The van der Waals surface area contributed by atoms with Gasteiger partial charge in [0.1, 0.15) is 0 Å². The molecule has 9 heteroatoms. The molecule has 1 fully saturated rings. The number of nitriles is 1. The van der Waals surface area contributed by atoms with Crippen LogP contribution in [0.5, 0.6) is 0 Å². The van der Waals surface area contributed by atoms with Crippen molar-refractivity contribution in [1.29, 1.82) is 5.26 Å². The van der Waals surface area contributed by atoms with Crippen LogP contribution in [0, 0.1) is 17.2 Å². The predicted molar refractivity (Wildman–Crippen MR) is 172 cm³/mol. The number of fused-ring (bicyclic) bond motifs is 1. The third-order valence-corrected chi connectivity index (χ3v) is 9.32. The highest BCUT2D eigenvalue weighted by Gasteiger charge is 2.28. The molecular formula is C35H34N6O2S. The van der Waals surface area contributed by atoms with Crippen LogP contribution in [0.3, 0.4) is 0 Å². The van der Waals surface area contributed by atoms with Gasteiger partial charge in [-0.15, -0.1) is 11.3 Å². The van der Waals surface area contributed by atoms with Crippen LogP contribution >= 0.6 is 11.3 Å². The van der Waals surface area contributed by atoms with Gasteiger partial charge in [-0.05, 0) is 72.3 Å². The van der Waals surface area contributed by atoms with E-state index in [1.54, 1.807) is 12.5 Å². The van der Waals surface area contributed by atoms with Gasteiger partial charge in [0.05, 0.1) is 35.1 Å². The van der Waals surface area contributed by atoms with E-state index in [4.69, 9.17) is 5.26 Å². The van der Waals surface area contributed by atoms with Crippen LogP contribution in [0.4, 0.5) is 5.69 Å². The number of carbonyl (C=O) groups excluding carboxylic acids is 2. The summed E-state index contributed by atoms with van der Waals surface area (Å²) in [4.78, 5) is 38.3. The molecule has 0 bridgehead atoms. The van der Waals surface area contributed by atoms with Crippen molar-refractivity contribution >= 4 is 38.9 Å². The second kappa shape index (κ2) is 13.7. The molecule has 0 unspecified atom stereocenters. The highest BCUT2D eigenvalue weighted by molar-refractivity contribution is 7.20. The van der Waals surface area contributed by atoms with Gasteiger partial charge in [-0.1, -0.05) is 37.5 Å². The van der Waals surface area contributed by atoms with Crippen molar-refractivity contribution in [3.63, 3.8) is 0 Å². The molecule has 0 atom stereocenters. The average Bonchev–Trinajstić information content (AvgIpc) is 3.71. The number of hydrogen-bond acceptors (Lipinski definition) is 6. The molecule has 44 heavy (non-hydrogen) atoms. The Morgan fingerprint density at radius 2 is 1.89 bits per heavy atom. The summed E-state index contributed by atoms with van der Waals surface area (Å²) < 4.78 is 3.05. The summed E-state index contributed by atoms with van der Waals surface area (Å²) in [7, 11) is 0. The molecule has 2 aromatic carbocycles. The molecule has 1 aliphatic rings. The van der Waals surface area contributed by atoms with Gasteiger partial charge in [-0.25, -0.2) is 4.98 Å². The maximum atomic E-state index is 14.0. The van der Waals surface area contributed by atoms with Crippen molar-refractivity contribution < 1.29 is 9.59 Å². The van der Waals surface area contributed by atoms with E-state index in [-0.39, 0.29) is 17.7 Å². The molecule has 1 N–H and O–H groups in total. The molecule has 1 saturated carbocycles. The van der Waals surface area contributed by atoms with E-state index in [1.807, 2.05) is 77.8 Å². The Morgan fingerprint density at radius 3 is 2.66 bits per heavy atom. The van der Waals surface area contributed by atoms with Crippen molar-refractivity contribution in [1.82, 2.24) is 19.9 Å². The Kier molecular flexibility index (Phi) is 9.09. The number of pyridine rings is 1. The maximum absolute atomic E-state index is 14.0. The van der Waals surface area contributed by atoms with Crippen LogP contribution in [-0.2, 0) is 24.3 Å². The predicted octanol–water partition coefficient (Wildman–Crippen LogP) is 6.50. The normalized spacial score (nSPS) is 13.4. The first-order valence-corrected chi connectivity index (χ1v) is 15.9. The molecule has 6 rings (SSSR count). The van der Waals surface area contributed by atoms with E-state index in [0.29, 0.717) is 36.5 Å². The lowest BCUT2D eigenvalue weighted by Crippen LogP contribution is -2.37. The Labute approximate surface area is 261 Å². The van der Waals surface area contributed by atoms with Crippen LogP contribution < -0.4 is 10.2 Å². The SMILES string of the molecule is N#Cc1ccc(Cn2cncc2CN(C(=O)C2CCCCC2)c2ccc3sc(C(=O)NCCc4ccccn4)cc3c2)cc1. The zero-order valence-corrected chi connectivity index (χ0v) is 25.3. The monoisotopic (exact) mass is 602 g/mol. The van der Waals surface area contributed by atoms with Crippen LogP contribution in [0.25, 0.3) is 10.1 Å². The molecule has 3 aromatic heterocycles. The number of imidazole rings is 1. The van der Waals surface area contributed by atoms with Gasteiger partial charge in [0.2, 0.25) is 5.91 Å². The first-order valence-electron chi connectivity index (χ1n) is 15.1. The first-order chi connectivity index (χ1) is 21.6. The minimum Gasteiger partial charge on any atom is -0.351 e. The van der Waals surface area contributed by atoms with Gasteiger partial charge in [0.25, 0.3) is 5.91 Å². The first kappa shape index (κ1) is 29.3. The Hall–Kier alpha value is -4.81. The fraction of sp³-hybridized carbons (Fsp3) is 0.286. The highest BCUT2D eigenvalue weighted by atomic mass is 32.1. The van der Waals surface area contributed by atoms with Gasteiger partial charge in [-0.2, -0.15) is 5.26 Å². The number of nitrogens with one attached hydrogen (secondary N) is 1. The molecule has 8 nitrogen and oxygen atoms in total. The standard InChI is InChI=1S/C35H34N6O2S/c36-20-25-9-11-26(12-10-25)22-40-24-37-21-31(40)23-41(35(43)27-6-2-1-3-7-27)30-13-14-32-28(18-30)19-33(44-32)34(42)39-17-15-29-8-4-5-16-38-29/h4-5,8-14,16,18-19,21,24,27H,1-3,6-7,15,17,22-23H2,(H,39,42). The Morgan fingerprint density at radius 1 is 1.05 bits per heavy atom. The summed E-state index contributed by atoms with van der Waals surface area (Å²) >= 11 is 1.45. The third kappa shape index (κ3) is 6.87. The van der Waals surface area contributed by atoms with Gasteiger partial charge in [0.15, 0.2) is 0 Å². The average molecular weight is 603 g/mol. The number of nitrogens with zero attached hydrogens (tertiary/aromatic N) is 5. The third-order valence-electron chi connectivity index (χ3n) is 8.20. The smallest absolute Gasteiger partial charge is 0.261 e. The van der Waals surface area contributed by atoms with Crippen LogP contribution in [0.15, 0.2) is 85.5 Å². The van der Waals surface area contributed by atoms with Crippen molar-refractivity contribution in [3.8, 4) is 6.07 Å². The molecular weight excluding hydrogens is 568 g/mol. The zero-order valence-electron chi connectivity index (χ0n) is 24.5. The van der Waals surface area contributed by atoms with E-state index in [9.17, 15) is 9.59 Å². The zero-order chi connectivity index (χ0) is 30.3. The quantitative estimate of drug-likeness (QED) is 0.197. The topological polar surface area (TPSA) is 104 Å². The summed E-state index contributed by atoms with van der Waals surface area (Å²) in [6.45, 7) is 1.49. The van der Waals surface area contributed by atoms with Crippen LogP contribution in [0.2, 0.25) is 0 Å².